The number of rotatable bonds is 0. The Morgan fingerprint density at radius 3 is 2.69 bits per heavy atom. The van der Waals surface area contributed by atoms with Gasteiger partial charge in [-0.25, -0.2) is 9.18 Å². The second-order valence-corrected chi connectivity index (χ2v) is 2.57. The van der Waals surface area contributed by atoms with E-state index in [2.05, 4.69) is 4.98 Å². The summed E-state index contributed by atoms with van der Waals surface area (Å²) < 4.78 is 13.0. The molecule has 5 heteroatoms. The number of fused-ring (bicyclic) bond motifs is 1. The van der Waals surface area contributed by atoms with Crippen LogP contribution < -0.4 is 11.2 Å². The summed E-state index contributed by atoms with van der Waals surface area (Å²) in [5, 5.41) is -0.123. The Morgan fingerprint density at radius 2 is 1.92 bits per heavy atom. The number of hydrogen-bond donors (Lipinski definition) is 2. The summed E-state index contributed by atoms with van der Waals surface area (Å²) in [6.45, 7) is 0. The zero-order chi connectivity index (χ0) is 9.42. The molecule has 0 spiro atoms. The van der Waals surface area contributed by atoms with Gasteiger partial charge in [0.1, 0.15) is 5.82 Å². The summed E-state index contributed by atoms with van der Waals surface area (Å²) >= 11 is 0. The van der Waals surface area contributed by atoms with E-state index in [0.29, 0.717) is 0 Å². The molecule has 1 heterocycles. The first-order chi connectivity index (χ1) is 6.18. The Balaban J connectivity index is 3.12. The van der Waals surface area contributed by atoms with Crippen molar-refractivity contribution in [2.45, 2.75) is 0 Å². The van der Waals surface area contributed by atoms with Crippen LogP contribution in [0.1, 0.15) is 0 Å². The molecule has 2 rings (SSSR count). The van der Waals surface area contributed by atoms with E-state index in [1.54, 1.807) is 0 Å². The van der Waals surface area contributed by atoms with Crippen LogP contribution in [0.2, 0.25) is 0 Å². The SMILES string of the molecule is O=c1[nH]c(=O)c2c(F)cccc2[nH]1. The third-order valence-corrected chi connectivity index (χ3v) is 1.72. The Labute approximate surface area is 71.0 Å². The van der Waals surface area contributed by atoms with Crippen LogP contribution in [0.25, 0.3) is 10.9 Å². The molecule has 0 bridgehead atoms. The van der Waals surface area contributed by atoms with Crippen molar-refractivity contribution >= 4 is 10.9 Å². The second kappa shape index (κ2) is 2.55. The molecule has 0 unspecified atom stereocenters. The van der Waals surface area contributed by atoms with Gasteiger partial charge in [0.2, 0.25) is 0 Å². The van der Waals surface area contributed by atoms with E-state index < -0.39 is 17.1 Å². The van der Waals surface area contributed by atoms with E-state index in [4.69, 9.17) is 0 Å². The van der Waals surface area contributed by atoms with Crippen molar-refractivity contribution in [3.8, 4) is 0 Å². The van der Waals surface area contributed by atoms with Gasteiger partial charge in [-0.15, -0.1) is 0 Å². The predicted octanol–water partition coefficient (Wildman–Crippen LogP) is 0.356. The average molecular weight is 180 g/mol. The smallest absolute Gasteiger partial charge is 0.307 e. The van der Waals surface area contributed by atoms with E-state index in [1.807, 2.05) is 4.98 Å². The van der Waals surface area contributed by atoms with Crippen LogP contribution in [0.5, 0.6) is 0 Å². The molecule has 0 saturated carbocycles. The number of aromatic nitrogens is 2. The van der Waals surface area contributed by atoms with Crippen LogP contribution in [-0.2, 0) is 0 Å². The standard InChI is InChI=1S/C8H5FN2O2/c9-4-2-1-3-5-6(4)7(12)11-8(13)10-5/h1-3H,(H2,10,11,12,13). The minimum absolute atomic E-state index is 0.123. The van der Waals surface area contributed by atoms with Crippen LogP contribution >= 0.6 is 0 Å². The zero-order valence-electron chi connectivity index (χ0n) is 6.43. The van der Waals surface area contributed by atoms with Gasteiger partial charge in [-0.2, -0.15) is 0 Å². The molecule has 1 aromatic heterocycles. The molecule has 2 aromatic rings. The molecule has 0 amide bonds. The lowest BCUT2D eigenvalue weighted by Gasteiger charge is -1.95. The number of benzene rings is 1. The van der Waals surface area contributed by atoms with E-state index in [1.165, 1.54) is 12.1 Å². The normalized spacial score (nSPS) is 10.5. The van der Waals surface area contributed by atoms with E-state index in [9.17, 15) is 14.0 Å². The lowest BCUT2D eigenvalue weighted by Crippen LogP contribution is -2.22. The van der Waals surface area contributed by atoms with Crippen molar-refractivity contribution in [3.05, 3.63) is 44.9 Å². The second-order valence-electron chi connectivity index (χ2n) is 2.57. The average Bonchev–Trinajstić information content (AvgIpc) is 2.02. The molecular formula is C8H5FN2O2. The van der Waals surface area contributed by atoms with E-state index >= 15 is 0 Å². The number of halogens is 1. The summed E-state index contributed by atoms with van der Waals surface area (Å²) in [7, 11) is 0. The highest BCUT2D eigenvalue weighted by Crippen LogP contribution is 2.08. The number of H-pyrrole nitrogens is 2. The first-order valence-corrected chi connectivity index (χ1v) is 3.59. The number of nitrogens with one attached hydrogen (secondary N) is 2. The summed E-state index contributed by atoms with van der Waals surface area (Å²) in [6.07, 6.45) is 0. The third-order valence-electron chi connectivity index (χ3n) is 1.72. The predicted molar refractivity (Wildman–Crippen MR) is 45.1 cm³/mol. The molecule has 0 saturated heterocycles. The molecule has 0 aliphatic carbocycles. The minimum atomic E-state index is -0.711. The van der Waals surface area contributed by atoms with Crippen LogP contribution in [0.4, 0.5) is 4.39 Å². The van der Waals surface area contributed by atoms with Gasteiger partial charge in [-0.3, -0.25) is 9.78 Å². The first-order valence-electron chi connectivity index (χ1n) is 3.59. The summed E-state index contributed by atoms with van der Waals surface area (Å²) in [5.74, 6) is -0.644. The molecule has 13 heavy (non-hydrogen) atoms. The van der Waals surface area contributed by atoms with Crippen LogP contribution in [0.15, 0.2) is 27.8 Å². The van der Waals surface area contributed by atoms with Gasteiger partial charge in [-0.1, -0.05) is 6.07 Å². The fourth-order valence-corrected chi connectivity index (χ4v) is 1.18. The lowest BCUT2D eigenvalue weighted by atomic mass is 10.2. The van der Waals surface area contributed by atoms with Crippen molar-refractivity contribution in [1.82, 2.24) is 9.97 Å². The number of aromatic amines is 2. The Bertz CT molecular complexity index is 570. The molecule has 0 atom stereocenters. The molecule has 0 fully saturated rings. The molecule has 0 aliphatic rings. The summed E-state index contributed by atoms with van der Waals surface area (Å²) in [4.78, 5) is 26.2. The minimum Gasteiger partial charge on any atom is -0.307 e. The van der Waals surface area contributed by atoms with Gasteiger partial charge in [0.25, 0.3) is 5.56 Å². The van der Waals surface area contributed by atoms with Crippen LogP contribution in [0, 0.1) is 5.82 Å². The highest BCUT2D eigenvalue weighted by molar-refractivity contribution is 5.77. The van der Waals surface area contributed by atoms with Gasteiger partial charge in [0.05, 0.1) is 10.9 Å². The zero-order valence-corrected chi connectivity index (χ0v) is 6.43. The summed E-state index contributed by atoms with van der Waals surface area (Å²) in [6, 6.07) is 4.05. The molecule has 2 N–H and O–H groups in total. The van der Waals surface area contributed by atoms with Crippen molar-refractivity contribution in [1.29, 1.82) is 0 Å². The summed E-state index contributed by atoms with van der Waals surface area (Å²) in [5.41, 5.74) is -1.14. The largest absolute Gasteiger partial charge is 0.326 e. The molecule has 66 valence electrons. The van der Waals surface area contributed by atoms with E-state index in [0.717, 1.165) is 6.07 Å². The molecule has 0 radical (unpaired) electrons. The fraction of sp³-hybridized carbons (Fsp3) is 0. The third kappa shape index (κ3) is 1.14. The molecular weight excluding hydrogens is 175 g/mol. The topological polar surface area (TPSA) is 65.7 Å². The Kier molecular flexibility index (Phi) is 1.51. The van der Waals surface area contributed by atoms with Crippen molar-refractivity contribution in [2.24, 2.45) is 0 Å². The van der Waals surface area contributed by atoms with Gasteiger partial charge in [0, 0.05) is 0 Å². The van der Waals surface area contributed by atoms with Crippen LogP contribution in [-0.4, -0.2) is 9.97 Å². The lowest BCUT2D eigenvalue weighted by molar-refractivity contribution is 0.638. The maximum atomic E-state index is 13.0. The molecule has 1 aromatic carbocycles. The highest BCUT2D eigenvalue weighted by atomic mass is 19.1. The van der Waals surface area contributed by atoms with Gasteiger partial charge >= 0.3 is 5.69 Å². The highest BCUT2D eigenvalue weighted by Gasteiger charge is 2.04. The Hall–Kier alpha value is -1.91. The molecule has 0 aliphatic heterocycles. The van der Waals surface area contributed by atoms with Crippen molar-refractivity contribution < 1.29 is 4.39 Å². The molecule has 4 nitrogen and oxygen atoms in total. The Morgan fingerprint density at radius 1 is 1.15 bits per heavy atom. The fourth-order valence-electron chi connectivity index (χ4n) is 1.18. The van der Waals surface area contributed by atoms with Crippen molar-refractivity contribution in [3.63, 3.8) is 0 Å². The number of hydrogen-bond acceptors (Lipinski definition) is 2. The van der Waals surface area contributed by atoms with E-state index in [-0.39, 0.29) is 10.9 Å². The van der Waals surface area contributed by atoms with Gasteiger partial charge in [0.15, 0.2) is 0 Å². The van der Waals surface area contributed by atoms with Gasteiger partial charge in [-0.05, 0) is 12.1 Å². The van der Waals surface area contributed by atoms with Crippen LogP contribution in [0.3, 0.4) is 0 Å². The maximum absolute atomic E-state index is 13.0. The first kappa shape index (κ1) is 7.72. The monoisotopic (exact) mass is 180 g/mol. The quantitative estimate of drug-likeness (QED) is 0.614. The van der Waals surface area contributed by atoms with Crippen molar-refractivity contribution in [2.75, 3.05) is 0 Å². The maximum Gasteiger partial charge on any atom is 0.326 e. The van der Waals surface area contributed by atoms with Gasteiger partial charge < -0.3 is 4.98 Å².